The molecule has 2 heterocycles. The van der Waals surface area contributed by atoms with Gasteiger partial charge in [-0.25, -0.2) is 0 Å². The summed E-state index contributed by atoms with van der Waals surface area (Å²) in [7, 11) is 1.95. The van der Waals surface area contributed by atoms with E-state index in [-0.39, 0.29) is 12.6 Å². The molecule has 4 rings (SSSR count). The van der Waals surface area contributed by atoms with Gasteiger partial charge in [0.2, 0.25) is 6.79 Å². The van der Waals surface area contributed by atoms with Crippen LogP contribution in [0, 0.1) is 3.57 Å². The highest BCUT2D eigenvalue weighted by atomic mass is 127. The van der Waals surface area contributed by atoms with E-state index in [0.29, 0.717) is 5.56 Å². The Morgan fingerprint density at radius 3 is 2.65 bits per heavy atom. The van der Waals surface area contributed by atoms with Crippen LogP contribution in [0.15, 0.2) is 52.4 Å². The van der Waals surface area contributed by atoms with Gasteiger partial charge in [0.25, 0.3) is 0 Å². The minimum absolute atomic E-state index is 0.00333. The fourth-order valence-corrected chi connectivity index (χ4v) is 3.94. The van der Waals surface area contributed by atoms with Crippen LogP contribution in [0.5, 0.6) is 11.5 Å². The lowest BCUT2D eigenvalue weighted by atomic mass is 10.1. The third kappa shape index (κ3) is 2.70. The Labute approximate surface area is 151 Å². The number of ether oxygens (including phenoxy) is 2. The summed E-state index contributed by atoms with van der Waals surface area (Å²) in [6, 6.07) is 11.5. The predicted molar refractivity (Wildman–Crippen MR) is 98.4 cm³/mol. The minimum Gasteiger partial charge on any atom is -0.454 e. The molecule has 0 spiro atoms. The van der Waals surface area contributed by atoms with Crippen LogP contribution in [-0.4, -0.2) is 19.6 Å². The second kappa shape index (κ2) is 5.76. The first-order valence-electron chi connectivity index (χ1n) is 6.98. The van der Waals surface area contributed by atoms with E-state index in [9.17, 15) is 4.79 Å². The van der Waals surface area contributed by atoms with Gasteiger partial charge in [-0.15, -0.1) is 0 Å². The lowest BCUT2D eigenvalue weighted by Crippen LogP contribution is -2.11. The molecule has 0 saturated carbocycles. The number of carbonyl (C=O) groups excluding carboxylic acids is 1. The van der Waals surface area contributed by atoms with Gasteiger partial charge in [0.15, 0.2) is 17.3 Å². The molecule has 0 aliphatic carbocycles. The summed E-state index contributed by atoms with van der Waals surface area (Å²) in [6.07, 6.45) is 1.68. The van der Waals surface area contributed by atoms with Crippen molar-refractivity contribution in [1.29, 1.82) is 0 Å². The number of carbonyl (C=O) groups is 1. The molecule has 0 saturated heterocycles. The van der Waals surface area contributed by atoms with Crippen molar-refractivity contribution in [2.75, 3.05) is 18.7 Å². The summed E-state index contributed by atoms with van der Waals surface area (Å²) in [6.45, 7) is 0.264. The summed E-state index contributed by atoms with van der Waals surface area (Å²) < 4.78 is 12.0. The SMILES string of the molecule is CN1/C(=C\C(=O)c2ccc(I)cc2)Sc2cc3c(cc21)OCO3. The van der Waals surface area contributed by atoms with E-state index >= 15 is 0 Å². The molecule has 0 unspecified atom stereocenters. The summed E-state index contributed by atoms with van der Waals surface area (Å²) in [4.78, 5) is 15.5. The Balaban J connectivity index is 1.63. The topological polar surface area (TPSA) is 38.8 Å². The molecule has 4 nitrogen and oxygen atoms in total. The van der Waals surface area contributed by atoms with Crippen LogP contribution in [0.2, 0.25) is 0 Å². The van der Waals surface area contributed by atoms with E-state index in [1.807, 2.05) is 48.3 Å². The molecule has 0 aromatic heterocycles. The molecule has 0 bridgehead atoms. The van der Waals surface area contributed by atoms with Crippen LogP contribution in [0.1, 0.15) is 10.4 Å². The number of halogens is 1. The molecule has 2 aliphatic rings. The number of benzene rings is 2. The normalized spacial score (nSPS) is 16.8. The van der Waals surface area contributed by atoms with Crippen LogP contribution in [0.25, 0.3) is 0 Å². The zero-order valence-electron chi connectivity index (χ0n) is 12.2. The second-order valence-corrected chi connectivity index (χ2v) is 7.50. The number of anilines is 1. The van der Waals surface area contributed by atoms with Crippen molar-refractivity contribution in [2.45, 2.75) is 4.90 Å². The van der Waals surface area contributed by atoms with Crippen molar-refractivity contribution in [2.24, 2.45) is 0 Å². The van der Waals surface area contributed by atoms with Crippen molar-refractivity contribution in [3.05, 3.63) is 56.6 Å². The number of rotatable bonds is 2. The molecule has 23 heavy (non-hydrogen) atoms. The molecule has 0 fully saturated rings. The highest BCUT2D eigenvalue weighted by Crippen LogP contribution is 2.50. The van der Waals surface area contributed by atoms with Gasteiger partial charge >= 0.3 is 0 Å². The Morgan fingerprint density at radius 2 is 1.91 bits per heavy atom. The first kappa shape index (κ1) is 14.9. The van der Waals surface area contributed by atoms with E-state index in [0.717, 1.165) is 30.7 Å². The van der Waals surface area contributed by atoms with Crippen LogP contribution in [0.3, 0.4) is 0 Å². The molecular formula is C17H12INO3S. The zero-order chi connectivity index (χ0) is 16.0. The third-order valence-corrected chi connectivity index (χ3v) is 5.61. The summed E-state index contributed by atoms with van der Waals surface area (Å²) in [5.74, 6) is 1.51. The van der Waals surface area contributed by atoms with E-state index in [1.54, 1.807) is 17.8 Å². The van der Waals surface area contributed by atoms with Gasteiger partial charge in [-0.3, -0.25) is 4.79 Å². The molecule has 0 amide bonds. The lowest BCUT2D eigenvalue weighted by molar-refractivity contribution is 0.104. The maximum atomic E-state index is 12.4. The maximum absolute atomic E-state index is 12.4. The zero-order valence-corrected chi connectivity index (χ0v) is 15.2. The number of allylic oxidation sites excluding steroid dienone is 1. The molecule has 0 atom stereocenters. The first-order valence-corrected chi connectivity index (χ1v) is 8.88. The number of hydrogen-bond donors (Lipinski definition) is 0. The van der Waals surface area contributed by atoms with Crippen LogP contribution >= 0.6 is 34.4 Å². The quantitative estimate of drug-likeness (QED) is 0.399. The van der Waals surface area contributed by atoms with Crippen molar-refractivity contribution in [1.82, 2.24) is 0 Å². The Kier molecular flexibility index (Phi) is 3.73. The van der Waals surface area contributed by atoms with E-state index in [1.165, 1.54) is 0 Å². The molecule has 2 aliphatic heterocycles. The monoisotopic (exact) mass is 437 g/mol. The smallest absolute Gasteiger partial charge is 0.231 e. The predicted octanol–water partition coefficient (Wildman–Crippen LogP) is 4.29. The molecule has 6 heteroatoms. The number of ketones is 1. The molecule has 2 aromatic carbocycles. The summed E-state index contributed by atoms with van der Waals surface area (Å²) in [5, 5.41) is 0.896. The fraction of sp³-hybridized carbons (Fsp3) is 0.118. The summed E-state index contributed by atoms with van der Waals surface area (Å²) in [5.41, 5.74) is 1.72. The number of fused-ring (bicyclic) bond motifs is 2. The molecular weight excluding hydrogens is 425 g/mol. The minimum atomic E-state index is 0.00333. The van der Waals surface area contributed by atoms with Crippen molar-refractivity contribution in [3.63, 3.8) is 0 Å². The largest absolute Gasteiger partial charge is 0.454 e. The second-order valence-electron chi connectivity index (χ2n) is 5.19. The highest BCUT2D eigenvalue weighted by molar-refractivity contribution is 14.1. The third-order valence-electron chi connectivity index (χ3n) is 3.74. The van der Waals surface area contributed by atoms with Gasteiger partial charge in [0, 0.05) is 39.3 Å². The van der Waals surface area contributed by atoms with Gasteiger partial charge < -0.3 is 14.4 Å². The van der Waals surface area contributed by atoms with E-state index < -0.39 is 0 Å². The fourth-order valence-electron chi connectivity index (χ4n) is 2.49. The number of nitrogens with zero attached hydrogens (tertiary/aromatic N) is 1. The van der Waals surface area contributed by atoms with Crippen molar-refractivity contribution < 1.29 is 14.3 Å². The van der Waals surface area contributed by atoms with Gasteiger partial charge in [0.1, 0.15) is 0 Å². The van der Waals surface area contributed by atoms with Crippen LogP contribution < -0.4 is 14.4 Å². The van der Waals surface area contributed by atoms with Gasteiger partial charge in [0.05, 0.1) is 10.7 Å². The Hall–Kier alpha value is -1.67. The van der Waals surface area contributed by atoms with Crippen LogP contribution in [0.4, 0.5) is 5.69 Å². The molecule has 0 N–H and O–H groups in total. The average molecular weight is 437 g/mol. The van der Waals surface area contributed by atoms with Crippen molar-refractivity contribution in [3.8, 4) is 11.5 Å². The van der Waals surface area contributed by atoms with E-state index in [4.69, 9.17) is 9.47 Å². The first-order chi connectivity index (χ1) is 11.1. The Bertz CT molecular complexity index is 832. The lowest BCUT2D eigenvalue weighted by Gasteiger charge is -2.13. The van der Waals surface area contributed by atoms with E-state index in [2.05, 4.69) is 22.6 Å². The van der Waals surface area contributed by atoms with Crippen molar-refractivity contribution >= 4 is 45.8 Å². The maximum Gasteiger partial charge on any atom is 0.231 e. The van der Waals surface area contributed by atoms with Gasteiger partial charge in [-0.1, -0.05) is 23.9 Å². The highest BCUT2D eigenvalue weighted by Gasteiger charge is 2.27. The number of thioether (sulfide) groups is 1. The molecule has 2 aromatic rings. The van der Waals surface area contributed by atoms with Gasteiger partial charge in [-0.2, -0.15) is 0 Å². The average Bonchev–Trinajstić information content (AvgIpc) is 3.11. The Morgan fingerprint density at radius 1 is 1.22 bits per heavy atom. The molecule has 116 valence electrons. The van der Waals surface area contributed by atoms with Crippen LogP contribution in [-0.2, 0) is 0 Å². The summed E-state index contributed by atoms with van der Waals surface area (Å²) >= 11 is 3.79. The number of hydrogen-bond acceptors (Lipinski definition) is 5. The standard InChI is InChI=1S/C17H12INO3S/c1-19-12-6-14-15(22-9-21-14)8-16(12)23-17(19)7-13(20)10-2-4-11(18)5-3-10/h2-8H,9H2,1H3/b17-7+. The molecule has 0 radical (unpaired) electrons. The van der Waals surface area contributed by atoms with Gasteiger partial charge in [-0.05, 0) is 34.7 Å².